The minimum atomic E-state index is 0. The Morgan fingerprint density at radius 2 is 1.47 bits per heavy atom. The number of benzene rings is 1. The van der Waals surface area contributed by atoms with Gasteiger partial charge in [0.15, 0.2) is 0 Å². The van der Waals surface area contributed by atoms with Gasteiger partial charge in [-0.05, 0) is 5.92 Å². The molecular weight excluding hydrogens is 276 g/mol. The van der Waals surface area contributed by atoms with Crippen molar-refractivity contribution >= 4 is 5.57 Å². The van der Waals surface area contributed by atoms with E-state index in [-0.39, 0.29) is 21.7 Å². The second-order valence-corrected chi connectivity index (χ2v) is 3.53. The minimum Gasteiger partial charge on any atom is -0.857 e. The molecule has 2 rings (SSSR count). The minimum absolute atomic E-state index is 0. The zero-order valence-corrected chi connectivity index (χ0v) is 14.1. The smallest absolute Gasteiger partial charge is 0.857 e. The first-order valence-corrected chi connectivity index (χ1v) is 5.62. The maximum Gasteiger partial charge on any atom is 4.00 e. The van der Waals surface area contributed by atoms with Crippen LogP contribution in [0.3, 0.4) is 0 Å². The SMILES string of the molecule is CC1=C(C)C(C)c2ccc[c-]c21.C[O-].C[O-].C[O-].[Ti+4]. The molecule has 19 heavy (non-hydrogen) atoms. The summed E-state index contributed by atoms with van der Waals surface area (Å²) in [5.41, 5.74) is 5.67. The van der Waals surface area contributed by atoms with Gasteiger partial charge >= 0.3 is 21.7 Å². The van der Waals surface area contributed by atoms with Gasteiger partial charge in [-0.2, -0.15) is 21.3 Å². The summed E-state index contributed by atoms with van der Waals surface area (Å²) >= 11 is 0. The predicted octanol–water partition coefficient (Wildman–Crippen LogP) is 0.324. The molecule has 1 aromatic rings. The van der Waals surface area contributed by atoms with Crippen LogP contribution in [0.4, 0.5) is 0 Å². The summed E-state index contributed by atoms with van der Waals surface area (Å²) in [5, 5.41) is 24.8. The molecule has 1 aliphatic rings. The van der Waals surface area contributed by atoms with Crippen LogP contribution in [-0.4, -0.2) is 21.3 Å². The molecule has 0 fully saturated rings. The van der Waals surface area contributed by atoms with E-state index in [9.17, 15) is 0 Å². The molecule has 0 saturated heterocycles. The third kappa shape index (κ3) is 6.02. The molecule has 1 atom stereocenters. The van der Waals surface area contributed by atoms with Crippen molar-refractivity contribution in [1.29, 1.82) is 0 Å². The van der Waals surface area contributed by atoms with E-state index >= 15 is 0 Å². The van der Waals surface area contributed by atoms with Crippen LogP contribution >= 0.6 is 0 Å². The van der Waals surface area contributed by atoms with Gasteiger partial charge in [0.2, 0.25) is 0 Å². The van der Waals surface area contributed by atoms with Crippen LogP contribution in [0.25, 0.3) is 5.57 Å². The summed E-state index contributed by atoms with van der Waals surface area (Å²) in [5.74, 6) is 0.595. The molecule has 1 aliphatic carbocycles. The molecule has 0 aromatic heterocycles. The fourth-order valence-corrected chi connectivity index (χ4v) is 1.89. The summed E-state index contributed by atoms with van der Waals surface area (Å²) in [4.78, 5) is 0. The van der Waals surface area contributed by atoms with Crippen molar-refractivity contribution in [3.05, 3.63) is 41.0 Å². The standard InChI is InChI=1S/C12H13.3CH3O.Ti/c1-8-9(2)11-6-4-5-7-12(11)10(8)3;3*1-2;/h4-6,9H,1-3H3;3*1H3;/q4*-1;+4. The van der Waals surface area contributed by atoms with Crippen LogP contribution < -0.4 is 15.3 Å². The van der Waals surface area contributed by atoms with Gasteiger partial charge in [-0.15, -0.1) is 46.5 Å². The molecular formula is C15H22O3Ti. The number of allylic oxidation sites excluding steroid dienone is 2. The number of hydrogen-bond donors (Lipinski definition) is 0. The van der Waals surface area contributed by atoms with Gasteiger partial charge in [-0.1, -0.05) is 20.8 Å². The van der Waals surface area contributed by atoms with E-state index in [1.807, 2.05) is 6.07 Å². The average molecular weight is 298 g/mol. The Labute approximate surface area is 131 Å². The summed E-state index contributed by atoms with van der Waals surface area (Å²) in [6.07, 6.45) is 0. The van der Waals surface area contributed by atoms with E-state index in [4.69, 9.17) is 15.3 Å². The molecule has 0 heterocycles. The Morgan fingerprint density at radius 3 is 1.89 bits per heavy atom. The van der Waals surface area contributed by atoms with E-state index in [1.54, 1.807) is 0 Å². The monoisotopic (exact) mass is 298 g/mol. The van der Waals surface area contributed by atoms with Crippen LogP contribution in [0.2, 0.25) is 0 Å². The van der Waals surface area contributed by atoms with E-state index in [0.717, 1.165) is 21.3 Å². The van der Waals surface area contributed by atoms with E-state index < -0.39 is 0 Å². The fourth-order valence-electron chi connectivity index (χ4n) is 1.89. The molecule has 3 nitrogen and oxygen atoms in total. The summed E-state index contributed by atoms with van der Waals surface area (Å²) in [7, 11) is 2.25. The van der Waals surface area contributed by atoms with Gasteiger partial charge in [0, 0.05) is 0 Å². The Hall–Kier alpha value is -0.446. The normalized spacial score (nSPS) is 14.5. The van der Waals surface area contributed by atoms with Crippen LogP contribution in [-0.2, 0) is 21.7 Å². The number of fused-ring (bicyclic) bond motifs is 1. The summed E-state index contributed by atoms with van der Waals surface area (Å²) in [6.45, 7) is 6.67. The molecule has 0 spiro atoms. The maximum absolute atomic E-state index is 8.25. The Morgan fingerprint density at radius 1 is 1.00 bits per heavy atom. The van der Waals surface area contributed by atoms with Crippen LogP contribution in [0, 0.1) is 6.07 Å². The topological polar surface area (TPSA) is 69.2 Å². The Kier molecular flexibility index (Phi) is 17.4. The van der Waals surface area contributed by atoms with Crippen molar-refractivity contribution in [2.45, 2.75) is 26.7 Å². The molecule has 104 valence electrons. The largest absolute Gasteiger partial charge is 4.00 e. The van der Waals surface area contributed by atoms with Gasteiger partial charge in [0.05, 0.1) is 0 Å². The third-order valence-electron chi connectivity index (χ3n) is 2.97. The first kappa shape index (κ1) is 23.6. The van der Waals surface area contributed by atoms with Crippen LogP contribution in [0.1, 0.15) is 37.8 Å². The van der Waals surface area contributed by atoms with E-state index in [1.165, 1.54) is 22.3 Å². The van der Waals surface area contributed by atoms with E-state index in [2.05, 4.69) is 39.0 Å². The van der Waals surface area contributed by atoms with Crippen molar-refractivity contribution in [3.63, 3.8) is 0 Å². The van der Waals surface area contributed by atoms with Crippen molar-refractivity contribution in [1.82, 2.24) is 0 Å². The molecule has 0 amide bonds. The van der Waals surface area contributed by atoms with Crippen molar-refractivity contribution in [3.8, 4) is 0 Å². The van der Waals surface area contributed by atoms with Crippen molar-refractivity contribution in [2.75, 3.05) is 21.3 Å². The molecule has 0 aliphatic heterocycles. The summed E-state index contributed by atoms with van der Waals surface area (Å²) < 4.78 is 0. The second kappa shape index (κ2) is 14.0. The molecule has 4 heteroatoms. The molecule has 0 bridgehead atoms. The van der Waals surface area contributed by atoms with Crippen LogP contribution in [0.15, 0.2) is 23.8 Å². The van der Waals surface area contributed by atoms with Gasteiger partial charge < -0.3 is 15.3 Å². The van der Waals surface area contributed by atoms with Gasteiger partial charge in [-0.25, -0.2) is 0 Å². The number of rotatable bonds is 0. The van der Waals surface area contributed by atoms with Gasteiger partial charge in [-0.3, -0.25) is 0 Å². The number of hydrogen-bond acceptors (Lipinski definition) is 3. The quantitative estimate of drug-likeness (QED) is 0.512. The molecule has 0 saturated carbocycles. The zero-order chi connectivity index (χ0) is 14.7. The molecule has 1 aromatic carbocycles. The third-order valence-corrected chi connectivity index (χ3v) is 2.97. The van der Waals surface area contributed by atoms with Crippen molar-refractivity contribution < 1.29 is 37.0 Å². The zero-order valence-electron chi connectivity index (χ0n) is 12.5. The maximum atomic E-state index is 8.25. The average Bonchev–Trinajstić information content (AvgIpc) is 2.71. The van der Waals surface area contributed by atoms with Gasteiger partial charge in [0.25, 0.3) is 0 Å². The van der Waals surface area contributed by atoms with Gasteiger partial charge in [0.1, 0.15) is 0 Å². The molecule has 0 N–H and O–H groups in total. The first-order chi connectivity index (χ1) is 8.72. The van der Waals surface area contributed by atoms with Crippen molar-refractivity contribution in [2.24, 2.45) is 0 Å². The Bertz CT molecular complexity index is 362. The molecule has 0 radical (unpaired) electrons. The van der Waals surface area contributed by atoms with Crippen LogP contribution in [0.5, 0.6) is 0 Å². The predicted molar refractivity (Wildman–Crippen MR) is 69.7 cm³/mol. The molecule has 1 unspecified atom stereocenters. The fraction of sp³-hybridized carbons (Fsp3) is 0.467. The Balaban J connectivity index is -0.000000325. The first-order valence-electron chi connectivity index (χ1n) is 5.62. The van der Waals surface area contributed by atoms with E-state index in [0.29, 0.717) is 5.92 Å². The summed E-state index contributed by atoms with van der Waals surface area (Å²) in [6, 6.07) is 9.57. The second-order valence-electron chi connectivity index (χ2n) is 3.53.